The number of nitrogens with zero attached hydrogens (tertiary/aromatic N) is 2. The molecule has 0 fully saturated rings. The largest absolute Gasteiger partial charge is 0.387 e. The van der Waals surface area contributed by atoms with Gasteiger partial charge in [0.15, 0.2) is 0 Å². The SMILES string of the molecule is CCN(CC(N)=O)c1ccc([C@H](C)O)nc1. The van der Waals surface area contributed by atoms with E-state index in [1.54, 1.807) is 19.2 Å². The fourth-order valence-corrected chi connectivity index (χ4v) is 1.41. The van der Waals surface area contributed by atoms with Crippen LogP contribution < -0.4 is 10.6 Å². The molecule has 0 spiro atoms. The predicted octanol–water partition coefficient (Wildman–Crippen LogP) is 0.446. The van der Waals surface area contributed by atoms with Gasteiger partial charge in [-0.25, -0.2) is 0 Å². The number of amides is 1. The maximum absolute atomic E-state index is 10.8. The molecule has 5 heteroatoms. The van der Waals surface area contributed by atoms with Crippen molar-refractivity contribution in [2.75, 3.05) is 18.0 Å². The Morgan fingerprint density at radius 2 is 2.31 bits per heavy atom. The van der Waals surface area contributed by atoms with Crippen molar-refractivity contribution < 1.29 is 9.90 Å². The van der Waals surface area contributed by atoms with Crippen LogP contribution in [0.5, 0.6) is 0 Å². The van der Waals surface area contributed by atoms with Gasteiger partial charge in [0.1, 0.15) is 0 Å². The highest BCUT2D eigenvalue weighted by molar-refractivity contribution is 5.79. The molecule has 88 valence electrons. The third kappa shape index (κ3) is 3.20. The molecule has 3 N–H and O–H groups in total. The van der Waals surface area contributed by atoms with Crippen molar-refractivity contribution in [2.24, 2.45) is 5.73 Å². The zero-order valence-corrected chi connectivity index (χ0v) is 9.55. The fourth-order valence-electron chi connectivity index (χ4n) is 1.41. The van der Waals surface area contributed by atoms with Gasteiger partial charge in [-0.1, -0.05) is 0 Å². The number of pyridine rings is 1. The minimum Gasteiger partial charge on any atom is -0.387 e. The maximum Gasteiger partial charge on any atom is 0.236 e. The second kappa shape index (κ2) is 5.46. The van der Waals surface area contributed by atoms with Gasteiger partial charge in [-0.15, -0.1) is 0 Å². The van der Waals surface area contributed by atoms with E-state index < -0.39 is 6.10 Å². The van der Waals surface area contributed by atoms with E-state index in [2.05, 4.69) is 4.98 Å². The van der Waals surface area contributed by atoms with Gasteiger partial charge in [-0.05, 0) is 26.0 Å². The highest BCUT2D eigenvalue weighted by atomic mass is 16.3. The van der Waals surface area contributed by atoms with Crippen molar-refractivity contribution in [1.29, 1.82) is 0 Å². The molecule has 0 aromatic carbocycles. The first-order valence-corrected chi connectivity index (χ1v) is 5.21. The van der Waals surface area contributed by atoms with E-state index in [9.17, 15) is 9.90 Å². The fraction of sp³-hybridized carbons (Fsp3) is 0.455. The van der Waals surface area contributed by atoms with E-state index >= 15 is 0 Å². The Hall–Kier alpha value is -1.62. The average molecular weight is 223 g/mol. The number of hydrogen-bond donors (Lipinski definition) is 2. The van der Waals surface area contributed by atoms with Gasteiger partial charge >= 0.3 is 0 Å². The molecule has 1 aromatic rings. The van der Waals surface area contributed by atoms with Crippen molar-refractivity contribution in [3.8, 4) is 0 Å². The van der Waals surface area contributed by atoms with E-state index in [1.807, 2.05) is 17.9 Å². The Morgan fingerprint density at radius 3 is 2.69 bits per heavy atom. The number of primary amides is 1. The summed E-state index contributed by atoms with van der Waals surface area (Å²) in [6, 6.07) is 3.56. The number of nitrogens with two attached hydrogens (primary N) is 1. The van der Waals surface area contributed by atoms with E-state index in [0.29, 0.717) is 12.2 Å². The number of likely N-dealkylation sites (N-methyl/N-ethyl adjacent to an activating group) is 1. The second-order valence-electron chi connectivity index (χ2n) is 3.60. The predicted molar refractivity (Wildman–Crippen MR) is 62.0 cm³/mol. The molecule has 1 rings (SSSR count). The van der Waals surface area contributed by atoms with Crippen LogP contribution in [0.3, 0.4) is 0 Å². The smallest absolute Gasteiger partial charge is 0.236 e. The van der Waals surface area contributed by atoms with Crippen LogP contribution in [0.1, 0.15) is 25.6 Å². The molecule has 1 atom stereocenters. The molecule has 0 saturated carbocycles. The molecule has 0 radical (unpaired) electrons. The molecule has 1 aromatic heterocycles. The van der Waals surface area contributed by atoms with E-state index in [1.165, 1.54) is 0 Å². The standard InChI is InChI=1S/C11H17N3O2/c1-3-14(7-11(12)16)9-4-5-10(8(2)15)13-6-9/h4-6,8,15H,3,7H2,1-2H3,(H2,12,16)/t8-/m0/s1. The van der Waals surface area contributed by atoms with Crippen molar-refractivity contribution in [3.05, 3.63) is 24.0 Å². The summed E-state index contributed by atoms with van der Waals surface area (Å²) < 4.78 is 0. The third-order valence-corrected chi connectivity index (χ3v) is 2.29. The number of aliphatic hydroxyl groups is 1. The zero-order valence-electron chi connectivity index (χ0n) is 9.55. The lowest BCUT2D eigenvalue weighted by Crippen LogP contribution is -2.33. The lowest BCUT2D eigenvalue weighted by molar-refractivity contribution is -0.116. The zero-order chi connectivity index (χ0) is 12.1. The molecule has 1 amide bonds. The molecule has 5 nitrogen and oxygen atoms in total. The summed E-state index contributed by atoms with van der Waals surface area (Å²) >= 11 is 0. The minimum atomic E-state index is -0.583. The van der Waals surface area contributed by atoms with Crippen molar-refractivity contribution in [2.45, 2.75) is 20.0 Å². The summed E-state index contributed by atoms with van der Waals surface area (Å²) in [5.74, 6) is -0.374. The van der Waals surface area contributed by atoms with Crippen LogP contribution in [0.2, 0.25) is 0 Å². The Bertz CT molecular complexity index is 349. The van der Waals surface area contributed by atoms with Crippen LogP contribution in [0.25, 0.3) is 0 Å². The van der Waals surface area contributed by atoms with Gasteiger partial charge in [0.25, 0.3) is 0 Å². The van der Waals surface area contributed by atoms with Crippen LogP contribution in [0, 0.1) is 0 Å². The van der Waals surface area contributed by atoms with Gasteiger partial charge in [0.05, 0.1) is 30.2 Å². The Kier molecular flexibility index (Phi) is 4.25. The van der Waals surface area contributed by atoms with Crippen molar-refractivity contribution in [1.82, 2.24) is 4.98 Å². The molecule has 0 bridgehead atoms. The average Bonchev–Trinajstić information content (AvgIpc) is 2.25. The lowest BCUT2D eigenvalue weighted by Gasteiger charge is -2.21. The molecule has 0 aliphatic rings. The lowest BCUT2D eigenvalue weighted by atomic mass is 10.2. The monoisotopic (exact) mass is 223 g/mol. The summed E-state index contributed by atoms with van der Waals surface area (Å²) in [4.78, 5) is 16.8. The van der Waals surface area contributed by atoms with Gasteiger partial charge < -0.3 is 15.7 Å². The van der Waals surface area contributed by atoms with Crippen LogP contribution >= 0.6 is 0 Å². The minimum absolute atomic E-state index is 0.173. The Labute approximate surface area is 94.9 Å². The second-order valence-corrected chi connectivity index (χ2v) is 3.60. The summed E-state index contributed by atoms with van der Waals surface area (Å²) in [5, 5.41) is 9.31. The van der Waals surface area contributed by atoms with E-state index in [-0.39, 0.29) is 12.5 Å². The number of anilines is 1. The van der Waals surface area contributed by atoms with Gasteiger partial charge in [0, 0.05) is 6.54 Å². The number of aromatic nitrogens is 1. The summed E-state index contributed by atoms with van der Waals surface area (Å²) in [6.45, 7) is 4.44. The van der Waals surface area contributed by atoms with E-state index in [4.69, 9.17) is 5.73 Å². The van der Waals surface area contributed by atoms with Gasteiger partial charge in [-0.2, -0.15) is 0 Å². The topological polar surface area (TPSA) is 79.5 Å². The normalized spacial score (nSPS) is 12.2. The Balaban J connectivity index is 2.82. The highest BCUT2D eigenvalue weighted by Gasteiger charge is 2.08. The number of hydrogen-bond acceptors (Lipinski definition) is 4. The van der Waals surface area contributed by atoms with E-state index in [0.717, 1.165) is 5.69 Å². The highest BCUT2D eigenvalue weighted by Crippen LogP contribution is 2.15. The number of rotatable bonds is 5. The number of carbonyl (C=O) groups excluding carboxylic acids is 1. The molecule has 0 aliphatic carbocycles. The quantitative estimate of drug-likeness (QED) is 0.759. The molecule has 0 aliphatic heterocycles. The summed E-state index contributed by atoms with van der Waals surface area (Å²) in [5.41, 5.74) is 6.58. The maximum atomic E-state index is 10.8. The van der Waals surface area contributed by atoms with Crippen LogP contribution in [-0.2, 0) is 4.79 Å². The summed E-state index contributed by atoms with van der Waals surface area (Å²) in [6.07, 6.45) is 1.05. The first-order chi connectivity index (χ1) is 7.54. The molecule has 0 unspecified atom stereocenters. The van der Waals surface area contributed by atoms with Crippen LogP contribution in [0.15, 0.2) is 18.3 Å². The van der Waals surface area contributed by atoms with Crippen molar-refractivity contribution >= 4 is 11.6 Å². The van der Waals surface area contributed by atoms with Crippen molar-refractivity contribution in [3.63, 3.8) is 0 Å². The number of aliphatic hydroxyl groups excluding tert-OH is 1. The Morgan fingerprint density at radius 1 is 1.62 bits per heavy atom. The molecular weight excluding hydrogens is 206 g/mol. The van der Waals surface area contributed by atoms with Gasteiger partial charge in [-0.3, -0.25) is 9.78 Å². The molecule has 0 saturated heterocycles. The molecule has 1 heterocycles. The van der Waals surface area contributed by atoms with Crippen LogP contribution in [-0.4, -0.2) is 29.1 Å². The molecular formula is C11H17N3O2. The summed E-state index contributed by atoms with van der Waals surface area (Å²) in [7, 11) is 0. The third-order valence-electron chi connectivity index (χ3n) is 2.29. The van der Waals surface area contributed by atoms with Crippen LogP contribution in [0.4, 0.5) is 5.69 Å². The molecule has 16 heavy (non-hydrogen) atoms. The van der Waals surface area contributed by atoms with Gasteiger partial charge in [0.2, 0.25) is 5.91 Å². The first kappa shape index (κ1) is 12.4. The first-order valence-electron chi connectivity index (χ1n) is 5.21. The number of carbonyl (C=O) groups is 1.